The summed E-state index contributed by atoms with van der Waals surface area (Å²) in [6, 6.07) is 23.2. The van der Waals surface area contributed by atoms with Crippen molar-refractivity contribution in [1.29, 1.82) is 0 Å². The van der Waals surface area contributed by atoms with Crippen molar-refractivity contribution in [2.24, 2.45) is 5.92 Å². The molecule has 3 aromatic rings. The van der Waals surface area contributed by atoms with Gasteiger partial charge in [-0.25, -0.2) is 0 Å². The lowest BCUT2D eigenvalue weighted by molar-refractivity contribution is -0.129. The molecule has 0 bridgehead atoms. The average Bonchev–Trinajstić information content (AvgIpc) is 2.86. The van der Waals surface area contributed by atoms with E-state index in [1.54, 1.807) is 0 Å². The van der Waals surface area contributed by atoms with Crippen molar-refractivity contribution in [3.05, 3.63) is 83.9 Å². The predicted octanol–water partition coefficient (Wildman–Crippen LogP) is 3.12. The summed E-state index contributed by atoms with van der Waals surface area (Å²) in [5.74, 6) is -0.530. The normalized spacial score (nSPS) is 14.2. The van der Waals surface area contributed by atoms with Crippen LogP contribution in [0.1, 0.15) is 28.8 Å². The van der Waals surface area contributed by atoms with E-state index in [1.807, 2.05) is 77.7 Å². The number of carbonyl (C=O) groups excluding carboxylic acids is 3. The van der Waals surface area contributed by atoms with E-state index in [4.69, 9.17) is 0 Å². The van der Waals surface area contributed by atoms with E-state index in [1.165, 1.54) is 0 Å². The number of rotatable bonds is 6. The second kappa shape index (κ2) is 10.1. The minimum Gasteiger partial charge on any atom is -0.350 e. The van der Waals surface area contributed by atoms with Gasteiger partial charge >= 0.3 is 0 Å². The molecule has 0 radical (unpaired) electrons. The third-order valence-corrected chi connectivity index (χ3v) is 5.93. The van der Waals surface area contributed by atoms with Crippen molar-refractivity contribution in [3.63, 3.8) is 0 Å². The number of hydrogen-bond donors (Lipinski definition) is 2. The van der Waals surface area contributed by atoms with Crippen molar-refractivity contribution in [1.82, 2.24) is 15.5 Å². The first-order valence-electron chi connectivity index (χ1n) is 11.0. The molecule has 1 aliphatic rings. The molecule has 1 heterocycles. The van der Waals surface area contributed by atoms with Crippen molar-refractivity contribution in [2.45, 2.75) is 19.4 Å². The largest absolute Gasteiger partial charge is 0.350 e. The highest BCUT2D eigenvalue weighted by molar-refractivity contribution is 6.07. The minimum absolute atomic E-state index is 0.000878. The number of nitrogens with zero attached hydrogens (tertiary/aromatic N) is 1. The van der Waals surface area contributed by atoms with E-state index in [0.29, 0.717) is 38.0 Å². The molecule has 0 aliphatic carbocycles. The van der Waals surface area contributed by atoms with Gasteiger partial charge in [-0.1, -0.05) is 66.7 Å². The Hall–Kier alpha value is -3.67. The van der Waals surface area contributed by atoms with Crippen LogP contribution in [0.4, 0.5) is 0 Å². The zero-order valence-electron chi connectivity index (χ0n) is 17.9. The smallest absolute Gasteiger partial charge is 0.254 e. The van der Waals surface area contributed by atoms with Gasteiger partial charge < -0.3 is 15.5 Å². The fourth-order valence-electron chi connectivity index (χ4n) is 4.10. The first-order valence-corrected chi connectivity index (χ1v) is 11.0. The van der Waals surface area contributed by atoms with Crippen molar-refractivity contribution in [2.75, 3.05) is 19.6 Å². The van der Waals surface area contributed by atoms with Gasteiger partial charge in [0.1, 0.15) is 0 Å². The summed E-state index contributed by atoms with van der Waals surface area (Å²) in [5.41, 5.74) is 1.71. The minimum atomic E-state index is -0.217. The number of benzene rings is 3. The molecule has 3 amide bonds. The highest BCUT2D eigenvalue weighted by atomic mass is 16.2. The van der Waals surface area contributed by atoms with Crippen LogP contribution in [0.3, 0.4) is 0 Å². The van der Waals surface area contributed by atoms with Gasteiger partial charge in [-0.05, 0) is 35.2 Å². The second-order valence-corrected chi connectivity index (χ2v) is 8.07. The Morgan fingerprint density at radius 2 is 1.50 bits per heavy atom. The number of amides is 3. The van der Waals surface area contributed by atoms with Crippen molar-refractivity contribution >= 4 is 28.5 Å². The Morgan fingerprint density at radius 3 is 2.28 bits per heavy atom. The summed E-state index contributed by atoms with van der Waals surface area (Å²) >= 11 is 0. The van der Waals surface area contributed by atoms with Gasteiger partial charge in [0.15, 0.2) is 0 Å². The van der Waals surface area contributed by atoms with Crippen LogP contribution in [0.5, 0.6) is 0 Å². The summed E-state index contributed by atoms with van der Waals surface area (Å²) in [6.45, 7) is 1.45. The van der Waals surface area contributed by atoms with Gasteiger partial charge in [0.05, 0.1) is 6.54 Å². The third-order valence-electron chi connectivity index (χ3n) is 5.93. The Balaban J connectivity index is 1.24. The molecule has 1 aliphatic heterocycles. The molecule has 1 saturated heterocycles. The number of hydrogen-bond acceptors (Lipinski definition) is 3. The number of fused-ring (bicyclic) bond motifs is 1. The van der Waals surface area contributed by atoms with E-state index in [2.05, 4.69) is 10.6 Å². The molecule has 32 heavy (non-hydrogen) atoms. The monoisotopic (exact) mass is 429 g/mol. The van der Waals surface area contributed by atoms with Gasteiger partial charge in [0.25, 0.3) is 5.91 Å². The van der Waals surface area contributed by atoms with Crippen LogP contribution < -0.4 is 10.6 Å². The maximum Gasteiger partial charge on any atom is 0.254 e. The van der Waals surface area contributed by atoms with E-state index >= 15 is 0 Å². The summed E-state index contributed by atoms with van der Waals surface area (Å²) in [5, 5.41) is 7.53. The van der Waals surface area contributed by atoms with E-state index < -0.39 is 0 Å². The molecule has 6 heteroatoms. The van der Waals surface area contributed by atoms with E-state index in [0.717, 1.165) is 16.3 Å². The van der Waals surface area contributed by atoms with Gasteiger partial charge in [-0.3, -0.25) is 14.4 Å². The first kappa shape index (κ1) is 21.6. The van der Waals surface area contributed by atoms with Crippen LogP contribution in [0, 0.1) is 5.92 Å². The topological polar surface area (TPSA) is 78.5 Å². The number of likely N-dealkylation sites (tertiary alicyclic amines) is 1. The maximum atomic E-state index is 13.1. The van der Waals surface area contributed by atoms with Crippen LogP contribution in [-0.2, 0) is 16.1 Å². The zero-order chi connectivity index (χ0) is 22.3. The van der Waals surface area contributed by atoms with Gasteiger partial charge in [0, 0.05) is 31.1 Å². The third kappa shape index (κ3) is 5.14. The molecule has 0 spiro atoms. The molecule has 0 atom stereocenters. The van der Waals surface area contributed by atoms with Gasteiger partial charge in [0.2, 0.25) is 11.8 Å². The lowest BCUT2D eigenvalue weighted by Crippen LogP contribution is -2.45. The lowest BCUT2D eigenvalue weighted by atomic mass is 9.95. The molecule has 1 fully saturated rings. The summed E-state index contributed by atoms with van der Waals surface area (Å²) in [6.07, 6.45) is 1.18. The van der Waals surface area contributed by atoms with Gasteiger partial charge in [-0.2, -0.15) is 0 Å². The molecule has 4 rings (SSSR count). The number of nitrogens with one attached hydrogen (secondary N) is 2. The SMILES string of the molecule is O=C(CNC(=O)C1CCN(C(=O)c2cccc3ccccc23)CC1)NCc1ccccc1. The molecule has 0 aromatic heterocycles. The average molecular weight is 430 g/mol. The fourth-order valence-corrected chi connectivity index (χ4v) is 4.10. The zero-order valence-corrected chi connectivity index (χ0v) is 17.9. The van der Waals surface area contributed by atoms with Crippen LogP contribution in [0.2, 0.25) is 0 Å². The molecular formula is C26H27N3O3. The predicted molar refractivity (Wildman–Crippen MR) is 124 cm³/mol. The highest BCUT2D eigenvalue weighted by Crippen LogP contribution is 2.23. The van der Waals surface area contributed by atoms with Crippen LogP contribution >= 0.6 is 0 Å². The quantitative estimate of drug-likeness (QED) is 0.632. The standard InChI is InChI=1S/C26H27N3O3/c30-24(27-17-19-7-2-1-3-8-19)18-28-25(31)21-13-15-29(16-14-21)26(32)23-12-6-10-20-9-4-5-11-22(20)23/h1-12,21H,13-18H2,(H,27,30)(H,28,31). The van der Waals surface area contributed by atoms with Crippen LogP contribution in [-0.4, -0.2) is 42.3 Å². The highest BCUT2D eigenvalue weighted by Gasteiger charge is 2.28. The van der Waals surface area contributed by atoms with Gasteiger partial charge in [-0.15, -0.1) is 0 Å². The lowest BCUT2D eigenvalue weighted by Gasteiger charge is -2.31. The molecular weight excluding hydrogens is 402 g/mol. The van der Waals surface area contributed by atoms with Crippen molar-refractivity contribution in [3.8, 4) is 0 Å². The molecule has 0 saturated carbocycles. The van der Waals surface area contributed by atoms with E-state index in [-0.39, 0.29) is 30.2 Å². The van der Waals surface area contributed by atoms with E-state index in [9.17, 15) is 14.4 Å². The fraction of sp³-hybridized carbons (Fsp3) is 0.269. The van der Waals surface area contributed by atoms with Crippen LogP contribution in [0.15, 0.2) is 72.8 Å². The first-order chi connectivity index (χ1) is 15.6. The number of piperidine rings is 1. The Morgan fingerprint density at radius 1 is 0.812 bits per heavy atom. The summed E-state index contributed by atoms with van der Waals surface area (Å²) in [4.78, 5) is 39.4. The van der Waals surface area contributed by atoms with Crippen molar-refractivity contribution < 1.29 is 14.4 Å². The molecule has 0 unspecified atom stereocenters. The molecule has 164 valence electrons. The molecule has 6 nitrogen and oxygen atoms in total. The maximum absolute atomic E-state index is 13.1. The molecule has 3 aromatic carbocycles. The second-order valence-electron chi connectivity index (χ2n) is 8.07. The Bertz CT molecular complexity index is 1100. The Kier molecular flexibility index (Phi) is 6.80. The molecule has 2 N–H and O–H groups in total. The summed E-state index contributed by atoms with van der Waals surface area (Å²) < 4.78 is 0. The Labute approximate surface area is 187 Å². The summed E-state index contributed by atoms with van der Waals surface area (Å²) in [7, 11) is 0. The van der Waals surface area contributed by atoms with Crippen LogP contribution in [0.25, 0.3) is 10.8 Å². The number of carbonyl (C=O) groups is 3.